The Morgan fingerprint density at radius 1 is 1.38 bits per heavy atom. The molecule has 1 aliphatic rings. The van der Waals surface area contributed by atoms with Crippen molar-refractivity contribution >= 4 is 17.6 Å². The minimum Gasteiger partial charge on any atom is -0.469 e. The smallest absolute Gasteiger partial charge is 0.309 e. The predicted octanol–water partition coefficient (Wildman–Crippen LogP) is 1.48. The fourth-order valence-electron chi connectivity index (χ4n) is 2.83. The molecule has 0 aromatic carbocycles. The number of esters is 1. The molecule has 1 saturated carbocycles. The second kappa shape index (κ2) is 8.41. The van der Waals surface area contributed by atoms with E-state index in [0.717, 1.165) is 12.8 Å². The highest BCUT2D eigenvalue weighted by molar-refractivity contribution is 5.95. The number of carbonyl (C=O) groups excluding carboxylic acids is 2. The van der Waals surface area contributed by atoms with E-state index in [1.165, 1.54) is 19.2 Å². The molecule has 1 aliphatic carbocycles. The first kappa shape index (κ1) is 17.9. The summed E-state index contributed by atoms with van der Waals surface area (Å²) in [5.41, 5.74) is 0.0911. The maximum absolute atomic E-state index is 14.0. The number of aromatic nitrogens is 1. The Kier molecular flexibility index (Phi) is 6.27. The van der Waals surface area contributed by atoms with Gasteiger partial charge in [0.05, 0.1) is 24.6 Å². The second-order valence-corrected chi connectivity index (χ2v) is 5.50. The van der Waals surface area contributed by atoms with Crippen LogP contribution in [0, 0.1) is 29.6 Å². The quantitative estimate of drug-likeness (QED) is 0.497. The lowest BCUT2D eigenvalue weighted by atomic mass is 9.78. The van der Waals surface area contributed by atoms with Gasteiger partial charge in [-0.15, -0.1) is 0 Å². The third-order valence-corrected chi connectivity index (χ3v) is 4.01. The van der Waals surface area contributed by atoms with Gasteiger partial charge in [0.15, 0.2) is 0 Å². The van der Waals surface area contributed by atoms with Crippen molar-refractivity contribution in [1.82, 2.24) is 4.98 Å². The van der Waals surface area contributed by atoms with Crippen molar-refractivity contribution in [2.75, 3.05) is 19.0 Å². The summed E-state index contributed by atoms with van der Waals surface area (Å²) >= 11 is 0. The van der Waals surface area contributed by atoms with Gasteiger partial charge < -0.3 is 15.2 Å². The number of rotatable bonds is 3. The highest BCUT2D eigenvalue weighted by atomic mass is 19.1. The van der Waals surface area contributed by atoms with Crippen LogP contribution in [-0.2, 0) is 14.3 Å². The standard InChI is InChI=1S/C17H19FN2O4/c1-24-17(23)13-7-3-2-6-12(13)16(22)20-14-9-8-11(5-4-10-21)19-15(14)18/h8-9,12-13,21H,2-3,6-7,10H2,1H3,(H,20,22)/t12-,13-/m0/s1. The molecule has 0 bridgehead atoms. The summed E-state index contributed by atoms with van der Waals surface area (Å²) < 4.78 is 18.7. The van der Waals surface area contributed by atoms with Gasteiger partial charge in [-0.05, 0) is 30.9 Å². The second-order valence-electron chi connectivity index (χ2n) is 5.50. The first-order valence-electron chi connectivity index (χ1n) is 7.71. The van der Waals surface area contributed by atoms with Crippen molar-refractivity contribution < 1.29 is 23.8 Å². The van der Waals surface area contributed by atoms with Crippen molar-refractivity contribution in [3.8, 4) is 11.8 Å². The number of halogens is 1. The van der Waals surface area contributed by atoms with Gasteiger partial charge in [-0.25, -0.2) is 4.98 Å². The molecule has 0 spiro atoms. The number of amides is 1. The number of nitrogens with zero attached hydrogens (tertiary/aromatic N) is 1. The molecule has 1 aromatic heterocycles. The molecule has 1 aromatic rings. The first-order chi connectivity index (χ1) is 11.6. The van der Waals surface area contributed by atoms with Crippen LogP contribution in [0.4, 0.5) is 10.1 Å². The lowest BCUT2D eigenvalue weighted by Gasteiger charge is -2.28. The minimum absolute atomic E-state index is 0.0660. The summed E-state index contributed by atoms with van der Waals surface area (Å²) in [7, 11) is 1.29. The Morgan fingerprint density at radius 2 is 2.08 bits per heavy atom. The van der Waals surface area contributed by atoms with Gasteiger partial charge in [0.25, 0.3) is 0 Å². The molecule has 24 heavy (non-hydrogen) atoms. The van der Waals surface area contributed by atoms with E-state index >= 15 is 0 Å². The molecule has 2 atom stereocenters. The van der Waals surface area contributed by atoms with E-state index < -0.39 is 29.7 Å². The van der Waals surface area contributed by atoms with Crippen molar-refractivity contribution in [2.45, 2.75) is 25.7 Å². The Morgan fingerprint density at radius 3 is 2.71 bits per heavy atom. The zero-order valence-electron chi connectivity index (χ0n) is 13.3. The monoisotopic (exact) mass is 334 g/mol. The molecule has 0 aliphatic heterocycles. The number of anilines is 1. The van der Waals surface area contributed by atoms with E-state index in [0.29, 0.717) is 12.8 Å². The number of nitrogens with one attached hydrogen (secondary N) is 1. The van der Waals surface area contributed by atoms with Crippen molar-refractivity contribution in [1.29, 1.82) is 0 Å². The summed E-state index contributed by atoms with van der Waals surface area (Å²) in [4.78, 5) is 27.9. The summed E-state index contributed by atoms with van der Waals surface area (Å²) in [6, 6.07) is 2.80. The van der Waals surface area contributed by atoms with E-state index in [1.807, 2.05) is 0 Å². The molecule has 7 heteroatoms. The van der Waals surface area contributed by atoms with Crippen LogP contribution in [0.25, 0.3) is 0 Å². The third-order valence-electron chi connectivity index (χ3n) is 4.01. The van der Waals surface area contributed by atoms with Crippen molar-refractivity contribution in [3.63, 3.8) is 0 Å². The van der Waals surface area contributed by atoms with Gasteiger partial charge in [-0.2, -0.15) is 4.39 Å². The largest absolute Gasteiger partial charge is 0.469 e. The number of aliphatic hydroxyl groups is 1. The molecule has 128 valence electrons. The Hall–Kier alpha value is -2.46. The number of aliphatic hydroxyl groups excluding tert-OH is 1. The highest BCUT2D eigenvalue weighted by Gasteiger charge is 2.36. The minimum atomic E-state index is -0.862. The van der Waals surface area contributed by atoms with Crippen LogP contribution in [0.5, 0.6) is 0 Å². The van der Waals surface area contributed by atoms with Crippen LogP contribution in [0.3, 0.4) is 0 Å². The zero-order chi connectivity index (χ0) is 17.5. The summed E-state index contributed by atoms with van der Waals surface area (Å²) in [6.45, 7) is -0.349. The lowest BCUT2D eigenvalue weighted by Crippen LogP contribution is -2.36. The van der Waals surface area contributed by atoms with E-state index in [2.05, 4.69) is 22.1 Å². The fraction of sp³-hybridized carbons (Fsp3) is 0.471. The normalized spacial score (nSPS) is 19.8. The van der Waals surface area contributed by atoms with E-state index in [4.69, 9.17) is 9.84 Å². The van der Waals surface area contributed by atoms with Crippen molar-refractivity contribution in [3.05, 3.63) is 23.8 Å². The SMILES string of the molecule is COC(=O)[C@H]1CCCC[C@@H]1C(=O)Nc1ccc(C#CCO)nc1F. The average Bonchev–Trinajstić information content (AvgIpc) is 2.61. The maximum atomic E-state index is 14.0. The van der Waals surface area contributed by atoms with E-state index in [9.17, 15) is 14.0 Å². The molecule has 2 N–H and O–H groups in total. The first-order valence-corrected chi connectivity index (χ1v) is 7.71. The zero-order valence-corrected chi connectivity index (χ0v) is 13.3. The predicted molar refractivity (Wildman–Crippen MR) is 84.3 cm³/mol. The molecular formula is C17H19FN2O4. The van der Waals surface area contributed by atoms with Crippen LogP contribution < -0.4 is 5.32 Å². The van der Waals surface area contributed by atoms with Crippen LogP contribution in [-0.4, -0.2) is 35.7 Å². The number of methoxy groups -OCH3 is 1. The molecule has 0 unspecified atom stereocenters. The summed E-state index contributed by atoms with van der Waals surface area (Å²) in [5.74, 6) is 2.11. The summed E-state index contributed by atoms with van der Waals surface area (Å²) in [6.07, 6.45) is 2.83. The number of hydrogen-bond donors (Lipinski definition) is 2. The molecule has 0 saturated heterocycles. The highest BCUT2D eigenvalue weighted by Crippen LogP contribution is 2.32. The average molecular weight is 334 g/mol. The van der Waals surface area contributed by atoms with Gasteiger partial charge in [0.1, 0.15) is 12.3 Å². The van der Waals surface area contributed by atoms with Crippen LogP contribution in [0.1, 0.15) is 31.4 Å². The molecule has 1 fully saturated rings. The molecule has 0 radical (unpaired) electrons. The van der Waals surface area contributed by atoms with Gasteiger partial charge in [0.2, 0.25) is 11.9 Å². The summed E-state index contributed by atoms with van der Waals surface area (Å²) in [5, 5.41) is 11.1. The van der Waals surface area contributed by atoms with E-state index in [-0.39, 0.29) is 18.0 Å². The maximum Gasteiger partial charge on any atom is 0.309 e. The molecule has 1 heterocycles. The fourth-order valence-corrected chi connectivity index (χ4v) is 2.83. The van der Waals surface area contributed by atoms with Crippen LogP contribution in [0.15, 0.2) is 12.1 Å². The third kappa shape index (κ3) is 4.30. The van der Waals surface area contributed by atoms with Crippen molar-refractivity contribution in [2.24, 2.45) is 11.8 Å². The lowest BCUT2D eigenvalue weighted by molar-refractivity contribution is -0.151. The molecule has 6 nitrogen and oxygen atoms in total. The number of carbonyl (C=O) groups is 2. The van der Waals surface area contributed by atoms with Gasteiger partial charge in [0, 0.05) is 0 Å². The van der Waals surface area contributed by atoms with Gasteiger partial charge in [-0.3, -0.25) is 9.59 Å². The topological polar surface area (TPSA) is 88.5 Å². The Bertz CT molecular complexity index is 681. The van der Waals surface area contributed by atoms with E-state index in [1.54, 1.807) is 0 Å². The molecular weight excluding hydrogens is 315 g/mol. The Balaban J connectivity index is 2.11. The molecule has 1 amide bonds. The van der Waals surface area contributed by atoms with Gasteiger partial charge in [-0.1, -0.05) is 18.8 Å². The number of ether oxygens (including phenoxy) is 1. The van der Waals surface area contributed by atoms with Crippen LogP contribution >= 0.6 is 0 Å². The van der Waals surface area contributed by atoms with Gasteiger partial charge >= 0.3 is 5.97 Å². The number of hydrogen-bond acceptors (Lipinski definition) is 5. The Labute approximate surface area is 139 Å². The van der Waals surface area contributed by atoms with Crippen LogP contribution in [0.2, 0.25) is 0 Å². The molecule has 2 rings (SSSR count). The number of pyridine rings is 1.